The molecule has 1 aromatic heterocycles. The number of thiol groups is 1. The largest absolute Gasteiger partial charge is 0.380 e. The smallest absolute Gasteiger partial charge is 0.222 e. The molecule has 0 saturated carbocycles. The molecule has 13 nitrogen and oxygen atoms in total. The average Bonchev–Trinajstić information content (AvgIpc) is 3.33. The summed E-state index contributed by atoms with van der Waals surface area (Å²) in [6.45, 7) is 13.5. The molecular formula is C31H58N6O7S. The first-order valence-electron chi connectivity index (χ1n) is 16.4. The fraction of sp³-hybridized carbons (Fsp3) is 0.871. The lowest BCUT2D eigenvalue weighted by Crippen LogP contribution is -2.42. The lowest BCUT2D eigenvalue weighted by molar-refractivity contribution is -0.133. The Morgan fingerprint density at radius 3 is 2.40 bits per heavy atom. The molecule has 0 aromatic carbocycles. The first kappa shape index (κ1) is 39.4. The van der Waals surface area contributed by atoms with Crippen LogP contribution in [0.25, 0.3) is 0 Å². The van der Waals surface area contributed by atoms with Crippen LogP contribution in [0, 0.1) is 5.92 Å². The highest BCUT2D eigenvalue weighted by Gasteiger charge is 2.29. The molecule has 1 aliphatic heterocycles. The minimum Gasteiger partial charge on any atom is -0.380 e. The molecule has 1 aliphatic rings. The predicted molar refractivity (Wildman–Crippen MR) is 175 cm³/mol. The number of aromatic nitrogens is 3. The number of amides is 2. The molecule has 2 rings (SSSR count). The number of nitrogens with one attached hydrogen (secondary N) is 1. The average molecular weight is 659 g/mol. The zero-order valence-corrected chi connectivity index (χ0v) is 28.9. The van der Waals surface area contributed by atoms with Gasteiger partial charge in [0.2, 0.25) is 11.8 Å². The van der Waals surface area contributed by atoms with E-state index >= 15 is 0 Å². The van der Waals surface area contributed by atoms with E-state index < -0.39 is 4.75 Å². The minimum atomic E-state index is -0.419. The number of fused-ring (bicyclic) bond motifs is 1. The molecule has 0 bridgehead atoms. The number of nitrogens with zero attached hydrogens (tertiary/aromatic N) is 4. The van der Waals surface area contributed by atoms with Gasteiger partial charge in [0.15, 0.2) is 0 Å². The van der Waals surface area contributed by atoms with E-state index in [1.54, 1.807) is 7.11 Å². The highest BCUT2D eigenvalue weighted by molar-refractivity contribution is 7.81. The van der Waals surface area contributed by atoms with Crippen LogP contribution in [0.15, 0.2) is 0 Å². The third-order valence-electron chi connectivity index (χ3n) is 7.24. The second kappa shape index (κ2) is 22.7. The third-order valence-corrected chi connectivity index (χ3v) is 7.51. The van der Waals surface area contributed by atoms with Gasteiger partial charge in [-0.15, -0.1) is 5.10 Å². The Labute approximate surface area is 274 Å². The SMILES string of the molecule is COC1Cc2nnn(CC(C)(S)COCC(C)C)c2CCN(C(=O)CCCC(=O)NCCCOCCOCCOCCCN)C1. The van der Waals surface area contributed by atoms with Crippen LogP contribution in [0.4, 0.5) is 0 Å². The predicted octanol–water partition coefficient (Wildman–Crippen LogP) is 1.66. The Bertz CT molecular complexity index is 965. The van der Waals surface area contributed by atoms with Crippen LogP contribution < -0.4 is 11.1 Å². The Kier molecular flexibility index (Phi) is 19.8. The Hall–Kier alpha value is -1.81. The molecule has 45 heavy (non-hydrogen) atoms. The van der Waals surface area contributed by atoms with Crippen molar-refractivity contribution >= 4 is 24.4 Å². The van der Waals surface area contributed by atoms with Crippen molar-refractivity contribution in [3.63, 3.8) is 0 Å². The van der Waals surface area contributed by atoms with Gasteiger partial charge in [0, 0.05) is 72.2 Å². The number of ether oxygens (including phenoxy) is 5. The zero-order valence-electron chi connectivity index (χ0n) is 28.0. The number of carbonyl (C=O) groups is 2. The molecule has 0 radical (unpaired) electrons. The van der Waals surface area contributed by atoms with Gasteiger partial charge in [-0.1, -0.05) is 19.1 Å². The maximum atomic E-state index is 13.2. The molecule has 0 fully saturated rings. The molecule has 1 aromatic rings. The van der Waals surface area contributed by atoms with Crippen molar-refractivity contribution in [1.82, 2.24) is 25.2 Å². The highest BCUT2D eigenvalue weighted by atomic mass is 32.1. The molecule has 2 unspecified atom stereocenters. The topological polar surface area (TPSA) is 152 Å². The lowest BCUT2D eigenvalue weighted by atomic mass is 10.0. The van der Waals surface area contributed by atoms with E-state index in [0.717, 1.165) is 17.8 Å². The summed E-state index contributed by atoms with van der Waals surface area (Å²) >= 11 is 4.84. The van der Waals surface area contributed by atoms with Crippen LogP contribution in [0.1, 0.15) is 64.3 Å². The maximum absolute atomic E-state index is 13.2. The van der Waals surface area contributed by atoms with Gasteiger partial charge in [-0.2, -0.15) is 12.6 Å². The van der Waals surface area contributed by atoms with E-state index in [4.69, 9.17) is 42.0 Å². The van der Waals surface area contributed by atoms with Crippen molar-refractivity contribution in [2.75, 3.05) is 86.1 Å². The zero-order chi connectivity index (χ0) is 32.9. The first-order chi connectivity index (χ1) is 21.6. The molecule has 2 heterocycles. The fourth-order valence-electron chi connectivity index (χ4n) is 4.83. The molecule has 0 aliphatic carbocycles. The second-order valence-electron chi connectivity index (χ2n) is 12.2. The van der Waals surface area contributed by atoms with E-state index in [2.05, 4.69) is 29.5 Å². The number of rotatable bonds is 24. The number of nitrogens with two attached hydrogens (primary N) is 1. The molecule has 14 heteroatoms. The molecule has 2 atom stereocenters. The van der Waals surface area contributed by atoms with Crippen molar-refractivity contribution in [1.29, 1.82) is 0 Å². The summed E-state index contributed by atoms with van der Waals surface area (Å²) in [5.41, 5.74) is 7.31. The van der Waals surface area contributed by atoms with E-state index in [-0.39, 0.29) is 17.9 Å². The maximum Gasteiger partial charge on any atom is 0.222 e. The number of methoxy groups -OCH3 is 1. The summed E-state index contributed by atoms with van der Waals surface area (Å²) in [4.78, 5) is 27.3. The summed E-state index contributed by atoms with van der Waals surface area (Å²) < 4.78 is 29.4. The number of hydrogen-bond donors (Lipinski definition) is 3. The van der Waals surface area contributed by atoms with Crippen molar-refractivity contribution < 1.29 is 33.3 Å². The second-order valence-corrected chi connectivity index (χ2v) is 13.3. The van der Waals surface area contributed by atoms with Crippen molar-refractivity contribution in [3.05, 3.63) is 11.4 Å². The number of carbonyl (C=O) groups excluding carboxylic acids is 2. The summed E-state index contributed by atoms with van der Waals surface area (Å²) in [6, 6.07) is 0. The van der Waals surface area contributed by atoms with E-state index in [9.17, 15) is 9.59 Å². The summed E-state index contributed by atoms with van der Waals surface area (Å²) in [7, 11) is 1.65. The van der Waals surface area contributed by atoms with Crippen LogP contribution in [0.2, 0.25) is 0 Å². The van der Waals surface area contributed by atoms with Gasteiger partial charge in [0.05, 0.1) is 61.8 Å². The van der Waals surface area contributed by atoms with Crippen LogP contribution in [0.5, 0.6) is 0 Å². The normalized spacial score (nSPS) is 16.7. The minimum absolute atomic E-state index is 0.0196. The quantitative estimate of drug-likeness (QED) is 0.110. The highest BCUT2D eigenvalue weighted by Crippen LogP contribution is 2.22. The summed E-state index contributed by atoms with van der Waals surface area (Å²) in [5, 5.41) is 11.8. The van der Waals surface area contributed by atoms with Crippen LogP contribution in [0.3, 0.4) is 0 Å². The van der Waals surface area contributed by atoms with Crippen LogP contribution in [-0.4, -0.2) is 129 Å². The Morgan fingerprint density at radius 2 is 1.73 bits per heavy atom. The van der Waals surface area contributed by atoms with E-state index in [0.29, 0.717) is 130 Å². The summed E-state index contributed by atoms with van der Waals surface area (Å²) in [5.74, 6) is 0.413. The molecular weight excluding hydrogens is 600 g/mol. The third kappa shape index (κ3) is 17.1. The van der Waals surface area contributed by atoms with Gasteiger partial charge < -0.3 is 39.6 Å². The van der Waals surface area contributed by atoms with Gasteiger partial charge >= 0.3 is 0 Å². The molecule has 0 saturated heterocycles. The standard InChI is InChI=1S/C31H58N6O7S/c1-25(2)22-44-24-31(3,45)23-37-28-10-13-36(21-26(40-4)20-27(28)34-35-37)30(39)9-5-8-29(38)33-12-7-15-42-17-19-43-18-16-41-14-6-11-32/h25-26,45H,5-24,32H2,1-4H3,(H,33,38). The first-order valence-corrected chi connectivity index (χ1v) is 16.8. The Balaban J connectivity index is 1.66. The molecule has 2 amide bonds. The van der Waals surface area contributed by atoms with E-state index in [1.165, 1.54) is 0 Å². The van der Waals surface area contributed by atoms with E-state index in [1.807, 2.05) is 16.5 Å². The Morgan fingerprint density at radius 1 is 1.04 bits per heavy atom. The molecule has 260 valence electrons. The van der Waals surface area contributed by atoms with Crippen molar-refractivity contribution in [2.45, 2.75) is 83.1 Å². The number of hydrogen-bond acceptors (Lipinski definition) is 11. The van der Waals surface area contributed by atoms with Crippen molar-refractivity contribution in [3.8, 4) is 0 Å². The van der Waals surface area contributed by atoms with Gasteiger partial charge in [-0.05, 0) is 38.6 Å². The van der Waals surface area contributed by atoms with Crippen LogP contribution >= 0.6 is 12.6 Å². The van der Waals surface area contributed by atoms with Crippen LogP contribution in [-0.2, 0) is 52.7 Å². The summed E-state index contributed by atoms with van der Waals surface area (Å²) in [6.07, 6.45) is 3.68. The molecule has 3 N–H and O–H groups in total. The van der Waals surface area contributed by atoms with Crippen molar-refractivity contribution in [2.24, 2.45) is 11.7 Å². The monoisotopic (exact) mass is 658 g/mol. The molecule has 0 spiro atoms. The van der Waals surface area contributed by atoms with Gasteiger partial charge in [0.25, 0.3) is 0 Å². The van der Waals surface area contributed by atoms with Gasteiger partial charge in [-0.25, -0.2) is 4.68 Å². The fourth-order valence-corrected chi connectivity index (χ4v) is 5.05. The van der Waals surface area contributed by atoms with Gasteiger partial charge in [0.1, 0.15) is 0 Å². The van der Waals surface area contributed by atoms with Gasteiger partial charge in [-0.3, -0.25) is 9.59 Å². The lowest BCUT2D eigenvalue weighted by Gasteiger charge is -2.30.